The highest BCUT2D eigenvalue weighted by molar-refractivity contribution is 6.03. The third kappa shape index (κ3) is 4.19. The van der Waals surface area contributed by atoms with Crippen molar-refractivity contribution in [2.45, 2.75) is 38.7 Å². The van der Waals surface area contributed by atoms with Crippen LogP contribution in [-0.4, -0.2) is 21.5 Å². The predicted octanol–water partition coefficient (Wildman–Crippen LogP) is 4.65. The number of pyridine rings is 3. The van der Waals surface area contributed by atoms with Gasteiger partial charge in [0.1, 0.15) is 6.10 Å². The van der Waals surface area contributed by atoms with Gasteiger partial charge in [0.15, 0.2) is 0 Å². The van der Waals surface area contributed by atoms with Crippen LogP contribution in [0.3, 0.4) is 0 Å². The van der Waals surface area contributed by atoms with Crippen LogP contribution in [0.25, 0.3) is 16.8 Å². The maximum absolute atomic E-state index is 13.2. The Morgan fingerprint density at radius 2 is 2.07 bits per heavy atom. The monoisotopic (exact) mass is 376 g/mol. The van der Waals surface area contributed by atoms with E-state index in [0.29, 0.717) is 22.3 Å². The Labute approximate surface area is 164 Å². The highest BCUT2D eigenvalue weighted by Gasteiger charge is 2.22. The Kier molecular flexibility index (Phi) is 6.37. The summed E-state index contributed by atoms with van der Waals surface area (Å²) in [6.45, 7) is 5.93. The number of carbonyl (C=O) groups excluding carboxylic acids is 1. The van der Waals surface area contributed by atoms with Crippen molar-refractivity contribution in [3.8, 4) is 11.3 Å². The normalized spacial score (nSPS) is 11.9. The van der Waals surface area contributed by atoms with Gasteiger partial charge in [0, 0.05) is 24.0 Å². The number of fused-ring (bicyclic) bond motifs is 1. The predicted molar refractivity (Wildman–Crippen MR) is 110 cm³/mol. The molecule has 0 saturated heterocycles. The fraction of sp³-hybridized carbons (Fsp3) is 0.261. The van der Waals surface area contributed by atoms with Gasteiger partial charge in [-0.25, -0.2) is 4.79 Å². The van der Waals surface area contributed by atoms with E-state index in [1.165, 1.54) is 10.5 Å². The van der Waals surface area contributed by atoms with Gasteiger partial charge in [-0.2, -0.15) is 0 Å². The van der Waals surface area contributed by atoms with Gasteiger partial charge in [-0.3, -0.25) is 14.2 Å². The SMILES string of the molecule is C=CC(CCCCC)OC(=O)c1c(-c2ccccn2)cc(=O)n2ccccc12. The van der Waals surface area contributed by atoms with E-state index in [4.69, 9.17) is 4.74 Å². The number of ether oxygens (including phenoxy) is 1. The van der Waals surface area contributed by atoms with Crippen LogP contribution in [0.2, 0.25) is 0 Å². The largest absolute Gasteiger partial charge is 0.454 e. The second-order valence-corrected chi connectivity index (χ2v) is 6.62. The Balaban J connectivity index is 2.07. The van der Waals surface area contributed by atoms with E-state index in [1.54, 1.807) is 48.8 Å². The fourth-order valence-electron chi connectivity index (χ4n) is 3.20. The standard InChI is InChI=1S/C23H24N2O3/c1-3-5-6-11-17(4-2)28-23(27)22-18(19-12-7-9-14-24-19)16-21(26)25-15-10-8-13-20(22)25/h4,7-10,12-17H,2-3,5-6,11H2,1H3. The van der Waals surface area contributed by atoms with E-state index < -0.39 is 5.97 Å². The molecule has 3 heterocycles. The van der Waals surface area contributed by atoms with Crippen LogP contribution in [-0.2, 0) is 4.74 Å². The lowest BCUT2D eigenvalue weighted by atomic mass is 10.0. The molecular formula is C23H24N2O3. The number of hydrogen-bond acceptors (Lipinski definition) is 4. The quantitative estimate of drug-likeness (QED) is 0.326. The van der Waals surface area contributed by atoms with Crippen LogP contribution in [0.4, 0.5) is 0 Å². The molecule has 28 heavy (non-hydrogen) atoms. The molecule has 0 fully saturated rings. The highest BCUT2D eigenvalue weighted by atomic mass is 16.5. The van der Waals surface area contributed by atoms with Crippen LogP contribution in [0, 0.1) is 0 Å². The summed E-state index contributed by atoms with van der Waals surface area (Å²) < 4.78 is 7.19. The molecule has 0 spiro atoms. The van der Waals surface area contributed by atoms with Crippen molar-refractivity contribution in [3.05, 3.63) is 83.4 Å². The Morgan fingerprint density at radius 3 is 2.79 bits per heavy atom. The first-order valence-electron chi connectivity index (χ1n) is 9.55. The first-order chi connectivity index (χ1) is 13.7. The fourth-order valence-corrected chi connectivity index (χ4v) is 3.20. The molecule has 3 rings (SSSR count). The van der Waals surface area contributed by atoms with Crippen molar-refractivity contribution < 1.29 is 9.53 Å². The number of aromatic nitrogens is 2. The lowest BCUT2D eigenvalue weighted by molar-refractivity contribution is 0.0379. The topological polar surface area (TPSA) is 60.7 Å². The van der Waals surface area contributed by atoms with Gasteiger partial charge in [-0.1, -0.05) is 44.6 Å². The molecule has 3 aromatic heterocycles. The summed E-state index contributed by atoms with van der Waals surface area (Å²) in [5.74, 6) is -0.481. The molecule has 0 N–H and O–H groups in total. The zero-order valence-electron chi connectivity index (χ0n) is 16.0. The third-order valence-corrected chi connectivity index (χ3v) is 4.65. The van der Waals surface area contributed by atoms with Crippen molar-refractivity contribution in [1.29, 1.82) is 0 Å². The second-order valence-electron chi connectivity index (χ2n) is 6.62. The van der Waals surface area contributed by atoms with Gasteiger partial charge < -0.3 is 4.74 Å². The lowest BCUT2D eigenvalue weighted by Gasteiger charge is -2.17. The van der Waals surface area contributed by atoms with Crippen molar-refractivity contribution in [3.63, 3.8) is 0 Å². The Morgan fingerprint density at radius 1 is 1.25 bits per heavy atom. The lowest BCUT2D eigenvalue weighted by Crippen LogP contribution is -2.21. The molecule has 0 aliphatic carbocycles. The number of rotatable bonds is 8. The van der Waals surface area contributed by atoms with E-state index in [0.717, 1.165) is 25.7 Å². The molecule has 0 aromatic carbocycles. The molecular weight excluding hydrogens is 352 g/mol. The van der Waals surface area contributed by atoms with Gasteiger partial charge in [-0.05, 0) is 37.1 Å². The van der Waals surface area contributed by atoms with Gasteiger partial charge in [0.25, 0.3) is 5.56 Å². The summed E-state index contributed by atoms with van der Waals surface area (Å²) >= 11 is 0. The van der Waals surface area contributed by atoms with Crippen molar-refractivity contribution in [2.75, 3.05) is 0 Å². The van der Waals surface area contributed by atoms with Crippen molar-refractivity contribution in [1.82, 2.24) is 9.38 Å². The number of unbranched alkanes of at least 4 members (excludes halogenated alkanes) is 2. The molecule has 0 bridgehead atoms. The van der Waals surface area contributed by atoms with Crippen LogP contribution in [0.15, 0.2) is 72.3 Å². The molecule has 0 saturated carbocycles. The van der Waals surface area contributed by atoms with Crippen LogP contribution in [0.1, 0.15) is 43.0 Å². The molecule has 0 aliphatic rings. The Bertz CT molecular complexity index is 1020. The summed E-state index contributed by atoms with van der Waals surface area (Å²) in [6, 6.07) is 12.1. The first-order valence-corrected chi connectivity index (χ1v) is 9.55. The van der Waals surface area contributed by atoms with Crippen LogP contribution < -0.4 is 5.56 Å². The molecule has 3 aromatic rings. The summed E-state index contributed by atoms with van der Waals surface area (Å²) in [7, 11) is 0. The molecule has 5 heteroatoms. The third-order valence-electron chi connectivity index (χ3n) is 4.65. The minimum absolute atomic E-state index is 0.226. The van der Waals surface area contributed by atoms with E-state index in [-0.39, 0.29) is 11.7 Å². The average molecular weight is 376 g/mol. The molecule has 144 valence electrons. The smallest absolute Gasteiger partial charge is 0.341 e. The van der Waals surface area contributed by atoms with E-state index in [1.807, 2.05) is 6.07 Å². The van der Waals surface area contributed by atoms with Gasteiger partial charge >= 0.3 is 5.97 Å². The van der Waals surface area contributed by atoms with E-state index >= 15 is 0 Å². The zero-order chi connectivity index (χ0) is 19.9. The summed E-state index contributed by atoms with van der Waals surface area (Å²) in [4.78, 5) is 30.0. The minimum atomic E-state index is -0.481. The molecule has 0 aliphatic heterocycles. The maximum Gasteiger partial charge on any atom is 0.341 e. The van der Waals surface area contributed by atoms with Crippen LogP contribution in [0.5, 0.6) is 0 Å². The Hall–Kier alpha value is -3.21. The summed E-state index contributed by atoms with van der Waals surface area (Å²) in [5.41, 5.74) is 1.63. The zero-order valence-corrected chi connectivity index (χ0v) is 16.0. The average Bonchev–Trinajstić information content (AvgIpc) is 2.73. The summed E-state index contributed by atoms with van der Waals surface area (Å²) in [6.07, 6.45) is 8.42. The van der Waals surface area contributed by atoms with Gasteiger partial charge in [0.2, 0.25) is 0 Å². The number of carbonyl (C=O) groups is 1. The van der Waals surface area contributed by atoms with E-state index in [2.05, 4.69) is 18.5 Å². The van der Waals surface area contributed by atoms with Crippen molar-refractivity contribution in [2.24, 2.45) is 0 Å². The van der Waals surface area contributed by atoms with E-state index in [9.17, 15) is 9.59 Å². The maximum atomic E-state index is 13.2. The van der Waals surface area contributed by atoms with Crippen LogP contribution >= 0.6 is 0 Å². The minimum Gasteiger partial charge on any atom is -0.454 e. The molecule has 0 radical (unpaired) electrons. The van der Waals surface area contributed by atoms with Gasteiger partial charge in [-0.15, -0.1) is 0 Å². The van der Waals surface area contributed by atoms with Gasteiger partial charge in [0.05, 0.1) is 16.8 Å². The first kappa shape index (κ1) is 19.5. The summed E-state index contributed by atoms with van der Waals surface area (Å²) in [5, 5.41) is 0. The molecule has 1 unspecified atom stereocenters. The number of hydrogen-bond donors (Lipinski definition) is 0. The molecule has 0 amide bonds. The number of esters is 1. The molecule has 5 nitrogen and oxygen atoms in total. The highest BCUT2D eigenvalue weighted by Crippen LogP contribution is 2.25. The second kappa shape index (κ2) is 9.13. The number of nitrogens with zero attached hydrogens (tertiary/aromatic N) is 2. The van der Waals surface area contributed by atoms with Crippen molar-refractivity contribution >= 4 is 11.5 Å². The molecule has 1 atom stereocenters.